The standard InChI is InChI=1S/C15H22N2OS/c1-10(2)11(3)15(18)17(4)9-12-6-5-7-13(8-12)14(16)19/h5-8,10-11H,9H2,1-4H3,(H2,16,19). The van der Waals surface area contributed by atoms with Gasteiger partial charge in [0.2, 0.25) is 5.91 Å². The summed E-state index contributed by atoms with van der Waals surface area (Å²) in [5.74, 6) is 0.539. The highest BCUT2D eigenvalue weighted by atomic mass is 32.1. The summed E-state index contributed by atoms with van der Waals surface area (Å²) in [6.45, 7) is 6.66. The molecule has 0 heterocycles. The van der Waals surface area contributed by atoms with Crippen molar-refractivity contribution < 1.29 is 4.79 Å². The predicted octanol–water partition coefficient (Wildman–Crippen LogP) is 2.57. The van der Waals surface area contributed by atoms with Crippen molar-refractivity contribution in [1.29, 1.82) is 0 Å². The number of amides is 1. The molecule has 1 aromatic rings. The molecule has 0 fully saturated rings. The Bertz CT molecular complexity index is 471. The van der Waals surface area contributed by atoms with Gasteiger partial charge in [-0.1, -0.05) is 51.2 Å². The van der Waals surface area contributed by atoms with Crippen LogP contribution in [-0.4, -0.2) is 22.8 Å². The normalized spacial score (nSPS) is 12.3. The lowest BCUT2D eigenvalue weighted by molar-refractivity contribution is -0.135. The second-order valence-electron chi connectivity index (χ2n) is 5.29. The largest absolute Gasteiger partial charge is 0.389 e. The molecule has 19 heavy (non-hydrogen) atoms. The summed E-state index contributed by atoms with van der Waals surface area (Å²) in [5, 5.41) is 0. The predicted molar refractivity (Wildman–Crippen MR) is 82.8 cm³/mol. The molecule has 1 unspecified atom stereocenters. The molecule has 0 spiro atoms. The summed E-state index contributed by atoms with van der Waals surface area (Å²) >= 11 is 4.96. The van der Waals surface area contributed by atoms with Gasteiger partial charge in [0, 0.05) is 25.1 Å². The summed E-state index contributed by atoms with van der Waals surface area (Å²) in [5.41, 5.74) is 7.49. The molecule has 4 heteroatoms. The third kappa shape index (κ3) is 4.31. The van der Waals surface area contributed by atoms with Gasteiger partial charge in [0.05, 0.1) is 0 Å². The zero-order chi connectivity index (χ0) is 14.6. The van der Waals surface area contributed by atoms with Crippen molar-refractivity contribution in [3.05, 3.63) is 35.4 Å². The Kier molecular flexibility index (Phi) is 5.48. The maximum absolute atomic E-state index is 12.2. The van der Waals surface area contributed by atoms with Crippen molar-refractivity contribution in [3.63, 3.8) is 0 Å². The molecular formula is C15H22N2OS. The second-order valence-corrected chi connectivity index (χ2v) is 5.73. The van der Waals surface area contributed by atoms with Gasteiger partial charge < -0.3 is 10.6 Å². The maximum atomic E-state index is 12.2. The number of nitrogens with two attached hydrogens (primary N) is 1. The van der Waals surface area contributed by atoms with Gasteiger partial charge in [-0.25, -0.2) is 0 Å². The fourth-order valence-electron chi connectivity index (χ4n) is 1.81. The highest BCUT2D eigenvalue weighted by Gasteiger charge is 2.20. The molecule has 1 atom stereocenters. The summed E-state index contributed by atoms with van der Waals surface area (Å²) in [6, 6.07) is 7.70. The van der Waals surface area contributed by atoms with E-state index < -0.39 is 0 Å². The van der Waals surface area contributed by atoms with Crippen molar-refractivity contribution in [3.8, 4) is 0 Å². The van der Waals surface area contributed by atoms with Gasteiger partial charge >= 0.3 is 0 Å². The Labute approximate surface area is 120 Å². The van der Waals surface area contributed by atoms with Crippen LogP contribution < -0.4 is 5.73 Å². The van der Waals surface area contributed by atoms with Crippen LogP contribution in [0.1, 0.15) is 31.9 Å². The van der Waals surface area contributed by atoms with E-state index in [0.29, 0.717) is 17.5 Å². The number of nitrogens with zero attached hydrogens (tertiary/aromatic N) is 1. The number of hydrogen-bond acceptors (Lipinski definition) is 2. The molecule has 0 aromatic heterocycles. The Morgan fingerprint density at radius 2 is 2.00 bits per heavy atom. The molecule has 104 valence electrons. The number of carbonyl (C=O) groups is 1. The molecule has 0 bridgehead atoms. The fraction of sp³-hybridized carbons (Fsp3) is 0.467. The fourth-order valence-corrected chi connectivity index (χ4v) is 1.93. The highest BCUT2D eigenvalue weighted by molar-refractivity contribution is 7.80. The molecule has 0 saturated heterocycles. The quantitative estimate of drug-likeness (QED) is 0.842. The van der Waals surface area contributed by atoms with Crippen LogP contribution in [0.5, 0.6) is 0 Å². The summed E-state index contributed by atoms with van der Waals surface area (Å²) in [7, 11) is 1.83. The van der Waals surface area contributed by atoms with Gasteiger partial charge in [0.1, 0.15) is 4.99 Å². The molecule has 0 aliphatic rings. The van der Waals surface area contributed by atoms with E-state index in [-0.39, 0.29) is 11.8 Å². The van der Waals surface area contributed by atoms with E-state index in [9.17, 15) is 4.79 Å². The van der Waals surface area contributed by atoms with Crippen LogP contribution in [0.3, 0.4) is 0 Å². The second kappa shape index (κ2) is 6.66. The van der Waals surface area contributed by atoms with Gasteiger partial charge in [0.25, 0.3) is 0 Å². The van der Waals surface area contributed by atoms with Crippen LogP contribution in [0.4, 0.5) is 0 Å². The van der Waals surface area contributed by atoms with Crippen molar-refractivity contribution in [2.75, 3.05) is 7.05 Å². The van der Waals surface area contributed by atoms with E-state index in [0.717, 1.165) is 11.1 Å². The minimum absolute atomic E-state index is 0.0313. The molecule has 3 nitrogen and oxygen atoms in total. The van der Waals surface area contributed by atoms with Crippen molar-refractivity contribution in [2.45, 2.75) is 27.3 Å². The Balaban J connectivity index is 2.76. The van der Waals surface area contributed by atoms with Crippen molar-refractivity contribution >= 4 is 23.1 Å². The lowest BCUT2D eigenvalue weighted by atomic mass is 9.96. The van der Waals surface area contributed by atoms with E-state index in [2.05, 4.69) is 13.8 Å². The molecule has 1 aromatic carbocycles. The highest BCUT2D eigenvalue weighted by Crippen LogP contribution is 2.15. The Morgan fingerprint density at radius 3 is 2.53 bits per heavy atom. The number of rotatable bonds is 5. The van der Waals surface area contributed by atoms with E-state index >= 15 is 0 Å². The molecule has 0 saturated carbocycles. The van der Waals surface area contributed by atoms with Gasteiger partial charge in [0.15, 0.2) is 0 Å². The van der Waals surface area contributed by atoms with Gasteiger partial charge in [-0.2, -0.15) is 0 Å². The van der Waals surface area contributed by atoms with Gasteiger partial charge in [-0.3, -0.25) is 4.79 Å². The monoisotopic (exact) mass is 278 g/mol. The first kappa shape index (κ1) is 15.6. The van der Waals surface area contributed by atoms with E-state index in [1.165, 1.54) is 0 Å². The van der Waals surface area contributed by atoms with Gasteiger partial charge in [-0.05, 0) is 17.5 Å². The van der Waals surface area contributed by atoms with Crippen LogP contribution in [0.25, 0.3) is 0 Å². The minimum atomic E-state index is 0.0313. The van der Waals surface area contributed by atoms with Crippen LogP contribution in [-0.2, 0) is 11.3 Å². The first-order valence-corrected chi connectivity index (χ1v) is 6.87. The third-order valence-electron chi connectivity index (χ3n) is 3.40. The zero-order valence-electron chi connectivity index (χ0n) is 12.0. The molecule has 1 rings (SSSR count). The average Bonchev–Trinajstić information content (AvgIpc) is 2.37. The maximum Gasteiger partial charge on any atom is 0.225 e. The van der Waals surface area contributed by atoms with Crippen LogP contribution in [0.15, 0.2) is 24.3 Å². The Hall–Kier alpha value is -1.42. The lowest BCUT2D eigenvalue weighted by Crippen LogP contribution is -2.33. The summed E-state index contributed by atoms with van der Waals surface area (Å²) in [4.78, 5) is 14.3. The van der Waals surface area contributed by atoms with Gasteiger partial charge in [-0.15, -0.1) is 0 Å². The first-order valence-electron chi connectivity index (χ1n) is 6.46. The smallest absolute Gasteiger partial charge is 0.225 e. The number of carbonyl (C=O) groups excluding carboxylic acids is 1. The van der Waals surface area contributed by atoms with E-state index in [4.69, 9.17) is 18.0 Å². The average molecular weight is 278 g/mol. The molecular weight excluding hydrogens is 256 g/mol. The van der Waals surface area contributed by atoms with Crippen LogP contribution in [0, 0.1) is 11.8 Å². The van der Waals surface area contributed by atoms with Crippen LogP contribution in [0.2, 0.25) is 0 Å². The number of benzene rings is 1. The topological polar surface area (TPSA) is 46.3 Å². The molecule has 0 aliphatic heterocycles. The number of hydrogen-bond donors (Lipinski definition) is 1. The van der Waals surface area contributed by atoms with Crippen LogP contribution >= 0.6 is 12.2 Å². The third-order valence-corrected chi connectivity index (χ3v) is 3.63. The first-order chi connectivity index (χ1) is 8.82. The summed E-state index contributed by atoms with van der Waals surface area (Å²) in [6.07, 6.45) is 0. The molecule has 0 aliphatic carbocycles. The number of thiocarbonyl (C=S) groups is 1. The molecule has 1 amide bonds. The molecule has 0 radical (unpaired) electrons. The van der Waals surface area contributed by atoms with E-state index in [1.54, 1.807) is 4.90 Å². The van der Waals surface area contributed by atoms with E-state index in [1.807, 2.05) is 38.2 Å². The zero-order valence-corrected chi connectivity index (χ0v) is 12.8. The summed E-state index contributed by atoms with van der Waals surface area (Å²) < 4.78 is 0. The van der Waals surface area contributed by atoms with Crippen molar-refractivity contribution in [2.24, 2.45) is 17.6 Å². The Morgan fingerprint density at radius 1 is 1.37 bits per heavy atom. The van der Waals surface area contributed by atoms with Crippen molar-refractivity contribution in [1.82, 2.24) is 4.90 Å². The SMILES string of the molecule is CC(C)C(C)C(=O)N(C)Cc1cccc(C(N)=S)c1. The lowest BCUT2D eigenvalue weighted by Gasteiger charge is -2.23. The molecule has 2 N–H and O–H groups in total. The minimum Gasteiger partial charge on any atom is -0.389 e.